The van der Waals surface area contributed by atoms with Gasteiger partial charge in [-0.3, -0.25) is 9.69 Å². The molecule has 0 radical (unpaired) electrons. The van der Waals surface area contributed by atoms with Gasteiger partial charge < -0.3 is 5.11 Å². The lowest BCUT2D eigenvalue weighted by Gasteiger charge is -2.25. The van der Waals surface area contributed by atoms with Crippen molar-refractivity contribution in [3.05, 3.63) is 15.6 Å². The van der Waals surface area contributed by atoms with Crippen LogP contribution in [0.25, 0.3) is 0 Å². The summed E-state index contributed by atoms with van der Waals surface area (Å²) in [4.78, 5) is 19.0. The predicted octanol–water partition coefficient (Wildman–Crippen LogP) is 2.88. The fraction of sp³-hybridized carbons (Fsp3) is 0.714. The fourth-order valence-corrected chi connectivity index (χ4v) is 3.50. The standard InChI is InChI=1S/C14H22N2O2S/c1-10(2)14-15-11(8-13(17)18)12(19-14)9-16-6-4-3-5-7-16/h10H,3-9H2,1-2H3,(H,17,18). The van der Waals surface area contributed by atoms with Gasteiger partial charge in [-0.15, -0.1) is 11.3 Å². The number of likely N-dealkylation sites (tertiary alicyclic amines) is 1. The van der Waals surface area contributed by atoms with E-state index in [-0.39, 0.29) is 6.42 Å². The van der Waals surface area contributed by atoms with Crippen LogP contribution in [0.5, 0.6) is 0 Å². The van der Waals surface area contributed by atoms with E-state index in [1.54, 1.807) is 11.3 Å². The van der Waals surface area contributed by atoms with Crippen LogP contribution in [-0.2, 0) is 17.8 Å². The predicted molar refractivity (Wildman–Crippen MR) is 76.7 cm³/mol. The topological polar surface area (TPSA) is 53.4 Å². The van der Waals surface area contributed by atoms with Crippen molar-refractivity contribution < 1.29 is 9.90 Å². The third-order valence-corrected chi connectivity index (χ3v) is 4.81. The second-order valence-corrected chi connectivity index (χ2v) is 6.60. The fourth-order valence-electron chi connectivity index (χ4n) is 2.38. The van der Waals surface area contributed by atoms with Gasteiger partial charge in [-0.1, -0.05) is 20.3 Å². The van der Waals surface area contributed by atoms with Crippen molar-refractivity contribution in [1.29, 1.82) is 0 Å². The van der Waals surface area contributed by atoms with E-state index in [4.69, 9.17) is 5.11 Å². The number of nitrogens with zero attached hydrogens (tertiary/aromatic N) is 2. The summed E-state index contributed by atoms with van der Waals surface area (Å²) in [6.07, 6.45) is 3.87. The zero-order valence-corrected chi connectivity index (χ0v) is 12.5. The summed E-state index contributed by atoms with van der Waals surface area (Å²) in [5.74, 6) is -0.423. The number of hydrogen-bond acceptors (Lipinski definition) is 4. The molecule has 0 unspecified atom stereocenters. The molecule has 2 rings (SSSR count). The van der Waals surface area contributed by atoms with E-state index in [0.717, 1.165) is 35.2 Å². The Hall–Kier alpha value is -0.940. The highest BCUT2D eigenvalue weighted by Gasteiger charge is 2.19. The molecule has 0 saturated carbocycles. The van der Waals surface area contributed by atoms with Gasteiger partial charge in [-0.05, 0) is 25.9 Å². The molecule has 1 aliphatic rings. The summed E-state index contributed by atoms with van der Waals surface area (Å²) in [5.41, 5.74) is 0.770. The molecule has 1 N–H and O–H groups in total. The van der Waals surface area contributed by atoms with Gasteiger partial charge in [0.15, 0.2) is 0 Å². The molecule has 0 aromatic carbocycles. The smallest absolute Gasteiger partial charge is 0.309 e. The Balaban J connectivity index is 2.13. The number of aliphatic carboxylic acids is 1. The largest absolute Gasteiger partial charge is 0.481 e. The number of piperidine rings is 1. The number of carboxylic acid groups (broad SMARTS) is 1. The minimum Gasteiger partial charge on any atom is -0.481 e. The second kappa shape index (κ2) is 6.48. The minimum absolute atomic E-state index is 0.0480. The average molecular weight is 282 g/mol. The van der Waals surface area contributed by atoms with E-state index in [1.807, 2.05) is 0 Å². The molecule has 0 aliphatic carbocycles. The molecule has 2 heterocycles. The molecule has 19 heavy (non-hydrogen) atoms. The number of carboxylic acids is 1. The molecule has 1 saturated heterocycles. The van der Waals surface area contributed by atoms with Crippen molar-refractivity contribution in [2.45, 2.75) is 52.0 Å². The maximum atomic E-state index is 10.9. The van der Waals surface area contributed by atoms with Crippen LogP contribution in [-0.4, -0.2) is 34.0 Å². The van der Waals surface area contributed by atoms with E-state index in [9.17, 15) is 4.79 Å². The van der Waals surface area contributed by atoms with Crippen molar-refractivity contribution in [2.75, 3.05) is 13.1 Å². The zero-order chi connectivity index (χ0) is 13.8. The van der Waals surface area contributed by atoms with E-state index < -0.39 is 5.97 Å². The molecule has 1 aromatic rings. The summed E-state index contributed by atoms with van der Waals surface area (Å²) in [6, 6.07) is 0. The van der Waals surface area contributed by atoms with Gasteiger partial charge in [0, 0.05) is 17.3 Å². The molecule has 1 aliphatic heterocycles. The van der Waals surface area contributed by atoms with E-state index in [2.05, 4.69) is 23.7 Å². The summed E-state index contributed by atoms with van der Waals surface area (Å²) in [7, 11) is 0. The monoisotopic (exact) mass is 282 g/mol. The van der Waals surface area contributed by atoms with Crippen LogP contribution in [0, 0.1) is 0 Å². The van der Waals surface area contributed by atoms with E-state index in [1.165, 1.54) is 19.3 Å². The molecule has 0 amide bonds. The third kappa shape index (κ3) is 4.01. The summed E-state index contributed by atoms with van der Waals surface area (Å²) in [6.45, 7) is 7.33. The normalized spacial score (nSPS) is 17.0. The van der Waals surface area contributed by atoms with Crippen molar-refractivity contribution in [3.8, 4) is 0 Å². The number of rotatable bonds is 5. The average Bonchev–Trinajstić information content (AvgIpc) is 2.73. The SMILES string of the molecule is CC(C)c1nc(CC(=O)O)c(CN2CCCCC2)s1. The van der Waals surface area contributed by atoms with Gasteiger partial charge in [0.25, 0.3) is 0 Å². The first kappa shape index (κ1) is 14.5. The molecule has 1 aromatic heterocycles. The maximum Gasteiger partial charge on any atom is 0.309 e. The van der Waals surface area contributed by atoms with E-state index in [0.29, 0.717) is 5.92 Å². The summed E-state index contributed by atoms with van der Waals surface area (Å²) in [5, 5.41) is 10.1. The Morgan fingerprint density at radius 2 is 2.05 bits per heavy atom. The van der Waals surface area contributed by atoms with Crippen molar-refractivity contribution in [3.63, 3.8) is 0 Å². The molecule has 4 nitrogen and oxygen atoms in total. The van der Waals surface area contributed by atoms with Gasteiger partial charge in [0.05, 0.1) is 17.1 Å². The Kier molecular flexibility index (Phi) is 4.93. The first-order chi connectivity index (χ1) is 9.06. The Morgan fingerprint density at radius 1 is 1.37 bits per heavy atom. The molecule has 106 valence electrons. The van der Waals surface area contributed by atoms with Crippen LogP contribution in [0.2, 0.25) is 0 Å². The van der Waals surface area contributed by atoms with Crippen LogP contribution < -0.4 is 0 Å². The van der Waals surface area contributed by atoms with Crippen LogP contribution in [0.15, 0.2) is 0 Å². The highest BCUT2D eigenvalue weighted by molar-refractivity contribution is 7.11. The third-order valence-electron chi connectivity index (χ3n) is 3.42. The first-order valence-electron chi connectivity index (χ1n) is 6.99. The number of thiazole rings is 1. The highest BCUT2D eigenvalue weighted by atomic mass is 32.1. The first-order valence-corrected chi connectivity index (χ1v) is 7.80. The lowest BCUT2D eigenvalue weighted by atomic mass is 10.1. The Labute approximate surface area is 118 Å². The van der Waals surface area contributed by atoms with E-state index >= 15 is 0 Å². The molecule has 1 fully saturated rings. The Bertz CT molecular complexity index is 437. The summed E-state index contributed by atoms with van der Waals surface area (Å²) >= 11 is 1.69. The lowest BCUT2D eigenvalue weighted by Crippen LogP contribution is -2.29. The molecule has 0 bridgehead atoms. The van der Waals surface area contributed by atoms with Crippen molar-refractivity contribution in [1.82, 2.24) is 9.88 Å². The summed E-state index contributed by atoms with van der Waals surface area (Å²) < 4.78 is 0. The zero-order valence-electron chi connectivity index (χ0n) is 11.7. The highest BCUT2D eigenvalue weighted by Crippen LogP contribution is 2.27. The van der Waals surface area contributed by atoms with Gasteiger partial charge in [0.2, 0.25) is 0 Å². The van der Waals surface area contributed by atoms with Crippen LogP contribution in [0.4, 0.5) is 0 Å². The van der Waals surface area contributed by atoms with Gasteiger partial charge >= 0.3 is 5.97 Å². The number of carbonyl (C=O) groups is 1. The molecule has 0 atom stereocenters. The number of aromatic nitrogens is 1. The van der Waals surface area contributed by atoms with Crippen LogP contribution in [0.1, 0.15) is 54.6 Å². The second-order valence-electron chi connectivity index (χ2n) is 5.48. The minimum atomic E-state index is -0.791. The molecular formula is C14H22N2O2S. The van der Waals surface area contributed by atoms with Gasteiger partial charge in [0.1, 0.15) is 0 Å². The van der Waals surface area contributed by atoms with Gasteiger partial charge in [-0.2, -0.15) is 0 Å². The molecule has 5 heteroatoms. The lowest BCUT2D eigenvalue weighted by molar-refractivity contribution is -0.136. The van der Waals surface area contributed by atoms with Crippen molar-refractivity contribution >= 4 is 17.3 Å². The van der Waals surface area contributed by atoms with Crippen molar-refractivity contribution in [2.24, 2.45) is 0 Å². The van der Waals surface area contributed by atoms with Gasteiger partial charge in [-0.25, -0.2) is 4.98 Å². The number of hydrogen-bond donors (Lipinski definition) is 1. The Morgan fingerprint density at radius 3 is 2.63 bits per heavy atom. The maximum absolute atomic E-state index is 10.9. The van der Waals surface area contributed by atoms with Crippen LogP contribution in [0.3, 0.4) is 0 Å². The quantitative estimate of drug-likeness (QED) is 0.902. The van der Waals surface area contributed by atoms with Crippen LogP contribution >= 0.6 is 11.3 Å². The molecule has 0 spiro atoms. The molecular weight excluding hydrogens is 260 g/mol.